The molecule has 1 aliphatic rings. The van der Waals surface area contributed by atoms with Crippen molar-refractivity contribution < 1.29 is 4.79 Å². The number of Topliss-reactive ketones (excluding diaryl/α,β-unsaturated/α-hetero) is 1. The van der Waals surface area contributed by atoms with Crippen LogP contribution in [-0.2, 0) is 10.2 Å². The first-order valence-electron chi connectivity index (χ1n) is 5.28. The second-order valence-electron chi connectivity index (χ2n) is 4.53. The van der Waals surface area contributed by atoms with Gasteiger partial charge in [0.1, 0.15) is 5.78 Å². The quantitative estimate of drug-likeness (QED) is 0.755. The third kappa shape index (κ3) is 1.57. The van der Waals surface area contributed by atoms with Gasteiger partial charge in [0.2, 0.25) is 0 Å². The van der Waals surface area contributed by atoms with Gasteiger partial charge in [-0.15, -0.1) is 0 Å². The van der Waals surface area contributed by atoms with Crippen LogP contribution < -0.4 is 4.90 Å². The van der Waals surface area contributed by atoms with Crippen molar-refractivity contribution in [1.82, 2.24) is 0 Å². The van der Waals surface area contributed by atoms with Gasteiger partial charge in [0.15, 0.2) is 0 Å². The standard InChI is InChI=1S/C13H14N2O/c1-15(2)11-5-3-10(4-6-11)13(9-14)7-12(16)8-13/h3-6H,7-8H2,1-2H3. The fourth-order valence-corrected chi connectivity index (χ4v) is 2.05. The molecule has 16 heavy (non-hydrogen) atoms. The third-order valence-corrected chi connectivity index (χ3v) is 3.15. The van der Waals surface area contributed by atoms with E-state index in [0.29, 0.717) is 12.8 Å². The number of hydrogen-bond donors (Lipinski definition) is 0. The molecule has 0 saturated heterocycles. The average molecular weight is 214 g/mol. The lowest BCUT2D eigenvalue weighted by molar-refractivity contribution is -0.126. The summed E-state index contributed by atoms with van der Waals surface area (Å²) < 4.78 is 0. The van der Waals surface area contributed by atoms with E-state index < -0.39 is 5.41 Å². The molecular formula is C13H14N2O. The summed E-state index contributed by atoms with van der Waals surface area (Å²) in [6.45, 7) is 0. The Balaban J connectivity index is 2.28. The number of ketones is 1. The van der Waals surface area contributed by atoms with Crippen LogP contribution in [0.4, 0.5) is 5.69 Å². The lowest BCUT2D eigenvalue weighted by Gasteiger charge is -2.34. The van der Waals surface area contributed by atoms with Crippen LogP contribution in [0.3, 0.4) is 0 Å². The first kappa shape index (κ1) is 10.7. The summed E-state index contributed by atoms with van der Waals surface area (Å²) in [6.07, 6.45) is 0.732. The fourth-order valence-electron chi connectivity index (χ4n) is 2.05. The molecule has 0 N–H and O–H groups in total. The number of nitriles is 1. The Labute approximate surface area is 95.3 Å². The Bertz CT molecular complexity index is 446. The van der Waals surface area contributed by atoms with E-state index in [0.717, 1.165) is 11.3 Å². The molecule has 0 amide bonds. The predicted octanol–water partition coefficient (Wildman–Crippen LogP) is 1.88. The molecule has 0 aliphatic heterocycles. The Hall–Kier alpha value is -1.82. The molecule has 0 aromatic heterocycles. The normalized spacial score (nSPS) is 17.4. The fraction of sp³-hybridized carbons (Fsp3) is 0.385. The van der Waals surface area contributed by atoms with Gasteiger partial charge in [-0.05, 0) is 17.7 Å². The SMILES string of the molecule is CN(C)c1ccc(C2(C#N)CC(=O)C2)cc1. The van der Waals surface area contributed by atoms with Gasteiger partial charge in [-0.25, -0.2) is 0 Å². The molecule has 3 nitrogen and oxygen atoms in total. The summed E-state index contributed by atoms with van der Waals surface area (Å²) >= 11 is 0. The van der Waals surface area contributed by atoms with Crippen LogP contribution in [0.15, 0.2) is 24.3 Å². The molecule has 0 spiro atoms. The minimum Gasteiger partial charge on any atom is -0.378 e. The Morgan fingerprint density at radius 3 is 2.19 bits per heavy atom. The molecule has 82 valence electrons. The Morgan fingerprint density at radius 1 is 1.25 bits per heavy atom. The van der Waals surface area contributed by atoms with Gasteiger partial charge >= 0.3 is 0 Å². The van der Waals surface area contributed by atoms with Crippen molar-refractivity contribution in [3.63, 3.8) is 0 Å². The number of rotatable bonds is 2. The van der Waals surface area contributed by atoms with E-state index in [1.54, 1.807) is 0 Å². The van der Waals surface area contributed by atoms with Gasteiger partial charge in [-0.2, -0.15) is 5.26 Å². The monoisotopic (exact) mass is 214 g/mol. The molecule has 1 aromatic rings. The second-order valence-corrected chi connectivity index (χ2v) is 4.53. The summed E-state index contributed by atoms with van der Waals surface area (Å²) in [4.78, 5) is 13.1. The molecule has 1 aromatic carbocycles. The summed E-state index contributed by atoms with van der Waals surface area (Å²) in [5.74, 6) is 0.179. The maximum atomic E-state index is 11.1. The van der Waals surface area contributed by atoms with E-state index in [1.807, 2.05) is 43.3 Å². The smallest absolute Gasteiger partial charge is 0.136 e. The van der Waals surface area contributed by atoms with E-state index in [9.17, 15) is 10.1 Å². The summed E-state index contributed by atoms with van der Waals surface area (Å²) in [6, 6.07) is 10.1. The van der Waals surface area contributed by atoms with E-state index in [2.05, 4.69) is 6.07 Å². The average Bonchev–Trinajstić information content (AvgIpc) is 2.24. The number of carbonyl (C=O) groups excluding carboxylic acids is 1. The van der Waals surface area contributed by atoms with Gasteiger partial charge in [0.25, 0.3) is 0 Å². The summed E-state index contributed by atoms with van der Waals surface area (Å²) in [7, 11) is 3.95. The molecule has 2 rings (SSSR count). The lowest BCUT2D eigenvalue weighted by atomic mass is 9.65. The topological polar surface area (TPSA) is 44.1 Å². The lowest BCUT2D eigenvalue weighted by Crippen LogP contribution is -2.40. The minimum absolute atomic E-state index is 0.179. The van der Waals surface area contributed by atoms with E-state index >= 15 is 0 Å². The molecular weight excluding hydrogens is 200 g/mol. The van der Waals surface area contributed by atoms with E-state index in [4.69, 9.17) is 0 Å². The molecule has 0 heterocycles. The van der Waals surface area contributed by atoms with Crippen LogP contribution in [0.2, 0.25) is 0 Å². The molecule has 3 heteroatoms. The maximum absolute atomic E-state index is 11.1. The first-order valence-corrected chi connectivity index (χ1v) is 5.28. The zero-order valence-corrected chi connectivity index (χ0v) is 9.53. The van der Waals surface area contributed by atoms with Gasteiger partial charge in [0, 0.05) is 32.6 Å². The van der Waals surface area contributed by atoms with Crippen molar-refractivity contribution in [3.8, 4) is 6.07 Å². The molecule has 0 bridgehead atoms. The van der Waals surface area contributed by atoms with Gasteiger partial charge < -0.3 is 4.90 Å². The Kier molecular flexibility index (Phi) is 2.43. The predicted molar refractivity (Wildman–Crippen MR) is 62.3 cm³/mol. The highest BCUT2D eigenvalue weighted by molar-refractivity contribution is 5.90. The first-order chi connectivity index (χ1) is 7.57. The van der Waals surface area contributed by atoms with Gasteiger partial charge in [-0.1, -0.05) is 12.1 Å². The third-order valence-electron chi connectivity index (χ3n) is 3.15. The molecule has 1 fully saturated rings. The molecule has 1 saturated carbocycles. The largest absolute Gasteiger partial charge is 0.378 e. The van der Waals surface area contributed by atoms with Crippen molar-refractivity contribution in [3.05, 3.63) is 29.8 Å². The zero-order valence-electron chi connectivity index (χ0n) is 9.53. The van der Waals surface area contributed by atoms with Crippen LogP contribution >= 0.6 is 0 Å². The molecule has 0 unspecified atom stereocenters. The number of carbonyl (C=O) groups is 1. The van der Waals surface area contributed by atoms with Crippen molar-refractivity contribution in [2.24, 2.45) is 0 Å². The van der Waals surface area contributed by atoms with Gasteiger partial charge in [0.05, 0.1) is 11.5 Å². The van der Waals surface area contributed by atoms with Crippen LogP contribution in [0.25, 0.3) is 0 Å². The van der Waals surface area contributed by atoms with E-state index in [1.165, 1.54) is 0 Å². The highest BCUT2D eigenvalue weighted by atomic mass is 16.1. The van der Waals surface area contributed by atoms with Crippen LogP contribution in [-0.4, -0.2) is 19.9 Å². The van der Waals surface area contributed by atoms with Crippen LogP contribution in [0, 0.1) is 11.3 Å². The minimum atomic E-state index is -0.554. The summed E-state index contributed by atoms with van der Waals surface area (Å²) in [5.41, 5.74) is 1.50. The highest BCUT2D eigenvalue weighted by Gasteiger charge is 2.45. The van der Waals surface area contributed by atoms with Crippen molar-refractivity contribution in [1.29, 1.82) is 5.26 Å². The number of benzene rings is 1. The van der Waals surface area contributed by atoms with Crippen molar-refractivity contribution >= 4 is 11.5 Å². The van der Waals surface area contributed by atoms with Crippen molar-refractivity contribution in [2.45, 2.75) is 18.3 Å². The van der Waals surface area contributed by atoms with Crippen molar-refractivity contribution in [2.75, 3.05) is 19.0 Å². The molecule has 0 atom stereocenters. The zero-order chi connectivity index (χ0) is 11.8. The Morgan fingerprint density at radius 2 is 1.81 bits per heavy atom. The molecule has 1 aliphatic carbocycles. The highest BCUT2D eigenvalue weighted by Crippen LogP contribution is 2.40. The summed E-state index contributed by atoms with van der Waals surface area (Å²) in [5, 5.41) is 9.17. The van der Waals surface area contributed by atoms with Gasteiger partial charge in [-0.3, -0.25) is 4.79 Å². The number of nitrogens with zero attached hydrogens (tertiary/aromatic N) is 2. The maximum Gasteiger partial charge on any atom is 0.136 e. The van der Waals surface area contributed by atoms with Crippen LogP contribution in [0.5, 0.6) is 0 Å². The second kappa shape index (κ2) is 3.64. The number of hydrogen-bond acceptors (Lipinski definition) is 3. The number of anilines is 1. The van der Waals surface area contributed by atoms with E-state index in [-0.39, 0.29) is 5.78 Å². The van der Waals surface area contributed by atoms with Crippen LogP contribution in [0.1, 0.15) is 18.4 Å². The molecule has 0 radical (unpaired) electrons.